The summed E-state index contributed by atoms with van der Waals surface area (Å²) >= 11 is 0. The van der Waals surface area contributed by atoms with Crippen molar-refractivity contribution in [2.75, 3.05) is 10.2 Å². The van der Waals surface area contributed by atoms with E-state index in [9.17, 15) is 19.2 Å². The van der Waals surface area contributed by atoms with Gasteiger partial charge in [0.25, 0.3) is 11.8 Å². The molecule has 2 aromatic carbocycles. The highest BCUT2D eigenvalue weighted by molar-refractivity contribution is 6.18. The zero-order valence-electron chi connectivity index (χ0n) is 14.6. The van der Waals surface area contributed by atoms with Gasteiger partial charge in [-0.3, -0.25) is 24.1 Å². The lowest BCUT2D eigenvalue weighted by Crippen LogP contribution is -2.68. The molecule has 2 aromatic rings. The number of anilines is 2. The van der Waals surface area contributed by atoms with Crippen LogP contribution in [0.25, 0.3) is 0 Å². The average molecular weight is 363 g/mol. The summed E-state index contributed by atoms with van der Waals surface area (Å²) < 4.78 is 0. The lowest BCUT2D eigenvalue weighted by atomic mass is 9.98. The van der Waals surface area contributed by atoms with Crippen molar-refractivity contribution in [2.24, 2.45) is 0 Å². The van der Waals surface area contributed by atoms with Gasteiger partial charge in [0.15, 0.2) is 5.78 Å². The van der Waals surface area contributed by atoms with Crippen LogP contribution in [0.5, 0.6) is 0 Å². The van der Waals surface area contributed by atoms with Gasteiger partial charge in [-0.15, -0.1) is 0 Å². The molecule has 2 aliphatic rings. The Morgan fingerprint density at radius 2 is 1.78 bits per heavy atom. The molecule has 27 heavy (non-hydrogen) atoms. The third-order valence-electron chi connectivity index (χ3n) is 4.97. The van der Waals surface area contributed by atoms with E-state index in [1.54, 1.807) is 48.5 Å². The normalized spacial score (nSPS) is 20.6. The molecule has 4 rings (SSSR count). The van der Waals surface area contributed by atoms with Crippen molar-refractivity contribution in [3.8, 4) is 0 Å². The van der Waals surface area contributed by atoms with E-state index in [0.717, 1.165) is 0 Å². The van der Waals surface area contributed by atoms with Gasteiger partial charge in [0.05, 0.1) is 11.3 Å². The van der Waals surface area contributed by atoms with Gasteiger partial charge in [0.1, 0.15) is 0 Å². The van der Waals surface area contributed by atoms with Gasteiger partial charge in [-0.1, -0.05) is 12.1 Å². The molecule has 136 valence electrons. The molecule has 7 heteroatoms. The molecule has 1 unspecified atom stereocenters. The van der Waals surface area contributed by atoms with Gasteiger partial charge in [-0.2, -0.15) is 0 Å². The first kappa shape index (κ1) is 17.0. The molecular formula is C20H17N3O4. The number of carbonyl (C=O) groups excluding carboxylic acids is 4. The number of para-hydroxylation sites is 1. The summed E-state index contributed by atoms with van der Waals surface area (Å²) in [4.78, 5) is 50.9. The number of rotatable bonds is 3. The third kappa shape index (κ3) is 2.59. The lowest BCUT2D eigenvalue weighted by molar-refractivity contribution is -0.124. The van der Waals surface area contributed by atoms with E-state index in [1.807, 2.05) is 0 Å². The maximum Gasteiger partial charge on any atom is 0.271 e. The highest BCUT2D eigenvalue weighted by Gasteiger charge is 2.56. The Bertz CT molecular complexity index is 983. The van der Waals surface area contributed by atoms with Crippen LogP contribution in [0.2, 0.25) is 0 Å². The third-order valence-corrected chi connectivity index (χ3v) is 4.97. The Morgan fingerprint density at radius 3 is 2.48 bits per heavy atom. The number of amides is 3. The first-order chi connectivity index (χ1) is 12.9. The summed E-state index contributed by atoms with van der Waals surface area (Å²) in [6.45, 7) is 1.46. The largest absolute Gasteiger partial charge is 0.322 e. The minimum absolute atomic E-state index is 0.0739. The quantitative estimate of drug-likeness (QED) is 0.817. The highest BCUT2D eigenvalue weighted by Crippen LogP contribution is 2.39. The van der Waals surface area contributed by atoms with Crippen LogP contribution in [0.1, 0.15) is 40.5 Å². The van der Waals surface area contributed by atoms with E-state index in [1.165, 1.54) is 11.8 Å². The van der Waals surface area contributed by atoms with Crippen LogP contribution in [0.3, 0.4) is 0 Å². The smallest absolute Gasteiger partial charge is 0.271 e. The van der Waals surface area contributed by atoms with E-state index in [-0.39, 0.29) is 24.5 Å². The number of fused-ring (bicyclic) bond motifs is 3. The number of carbonyl (C=O) groups is 4. The molecule has 1 atom stereocenters. The molecule has 0 radical (unpaired) electrons. The fourth-order valence-electron chi connectivity index (χ4n) is 3.59. The number of nitrogens with one attached hydrogen (secondary N) is 2. The van der Waals surface area contributed by atoms with Crippen molar-refractivity contribution >= 4 is 34.9 Å². The topological polar surface area (TPSA) is 95.6 Å². The number of hydrogen-bond acceptors (Lipinski definition) is 4. The van der Waals surface area contributed by atoms with Gasteiger partial charge in [0.2, 0.25) is 11.6 Å². The molecule has 7 nitrogen and oxygen atoms in total. The first-order valence-corrected chi connectivity index (χ1v) is 8.59. The molecule has 0 spiro atoms. The van der Waals surface area contributed by atoms with Crippen molar-refractivity contribution in [2.45, 2.75) is 25.4 Å². The predicted molar refractivity (Wildman–Crippen MR) is 98.4 cm³/mol. The van der Waals surface area contributed by atoms with E-state index in [2.05, 4.69) is 10.6 Å². The van der Waals surface area contributed by atoms with E-state index >= 15 is 0 Å². The fourth-order valence-corrected chi connectivity index (χ4v) is 3.59. The van der Waals surface area contributed by atoms with Crippen LogP contribution in [0.4, 0.5) is 11.4 Å². The van der Waals surface area contributed by atoms with E-state index in [0.29, 0.717) is 22.5 Å². The maximum absolute atomic E-state index is 13.1. The van der Waals surface area contributed by atoms with Gasteiger partial charge >= 0.3 is 0 Å². The van der Waals surface area contributed by atoms with Crippen molar-refractivity contribution in [1.29, 1.82) is 0 Å². The predicted octanol–water partition coefficient (Wildman–Crippen LogP) is 2.09. The maximum atomic E-state index is 13.1. The van der Waals surface area contributed by atoms with Crippen molar-refractivity contribution in [3.05, 3.63) is 59.7 Å². The number of Topliss-reactive ketones (excluding diaryl/α,β-unsaturated/α-hetero) is 1. The molecule has 1 fully saturated rings. The SMILES string of the molecule is CC(=O)c1ccc(NC(=O)C23CCC(=O)N2c2ccccc2C(=O)N3)cc1. The summed E-state index contributed by atoms with van der Waals surface area (Å²) in [5.74, 6) is -1.18. The first-order valence-electron chi connectivity index (χ1n) is 8.59. The molecular weight excluding hydrogens is 346 g/mol. The highest BCUT2D eigenvalue weighted by atomic mass is 16.2. The van der Waals surface area contributed by atoms with Gasteiger partial charge < -0.3 is 10.6 Å². The Kier molecular flexibility index (Phi) is 3.80. The second kappa shape index (κ2) is 6.05. The molecule has 1 saturated heterocycles. The van der Waals surface area contributed by atoms with Crippen LogP contribution in [0.15, 0.2) is 48.5 Å². The van der Waals surface area contributed by atoms with Gasteiger partial charge in [-0.05, 0) is 43.3 Å². The average Bonchev–Trinajstić information content (AvgIpc) is 3.00. The second-order valence-corrected chi connectivity index (χ2v) is 6.65. The van der Waals surface area contributed by atoms with Crippen LogP contribution in [0, 0.1) is 0 Å². The van der Waals surface area contributed by atoms with Crippen LogP contribution >= 0.6 is 0 Å². The number of benzene rings is 2. The molecule has 0 aromatic heterocycles. The molecule has 0 saturated carbocycles. The second-order valence-electron chi connectivity index (χ2n) is 6.65. The van der Waals surface area contributed by atoms with Crippen LogP contribution in [-0.4, -0.2) is 29.2 Å². The van der Waals surface area contributed by atoms with Gasteiger partial charge in [-0.25, -0.2) is 0 Å². The minimum atomic E-state index is -1.46. The van der Waals surface area contributed by atoms with E-state index < -0.39 is 17.5 Å². The number of hydrogen-bond donors (Lipinski definition) is 2. The van der Waals surface area contributed by atoms with Gasteiger partial charge in [0, 0.05) is 24.1 Å². The van der Waals surface area contributed by atoms with E-state index in [4.69, 9.17) is 0 Å². The lowest BCUT2D eigenvalue weighted by Gasteiger charge is -2.41. The zero-order valence-corrected chi connectivity index (χ0v) is 14.6. The molecule has 3 amide bonds. The molecule has 0 bridgehead atoms. The summed E-state index contributed by atoms with van der Waals surface area (Å²) in [6, 6.07) is 13.2. The number of ketones is 1. The summed E-state index contributed by atoms with van der Waals surface area (Å²) in [5.41, 5.74) is 0.352. The van der Waals surface area contributed by atoms with Crippen LogP contribution < -0.4 is 15.5 Å². The summed E-state index contributed by atoms with van der Waals surface area (Å²) in [6.07, 6.45) is 0.342. The molecule has 0 aliphatic carbocycles. The monoisotopic (exact) mass is 363 g/mol. The minimum Gasteiger partial charge on any atom is -0.322 e. The Morgan fingerprint density at radius 1 is 1.07 bits per heavy atom. The fraction of sp³-hybridized carbons (Fsp3) is 0.200. The molecule has 2 aliphatic heterocycles. The Hall–Kier alpha value is -3.48. The van der Waals surface area contributed by atoms with Crippen molar-refractivity contribution < 1.29 is 19.2 Å². The summed E-state index contributed by atoms with van der Waals surface area (Å²) in [7, 11) is 0. The Balaban J connectivity index is 1.69. The van der Waals surface area contributed by atoms with Crippen molar-refractivity contribution in [3.63, 3.8) is 0 Å². The molecule has 2 heterocycles. The Labute approximate surface area is 155 Å². The standard InChI is InChI=1S/C20H17N3O4/c1-12(24)13-6-8-14(9-7-13)21-19(27)20-11-10-17(25)23(20)16-5-3-2-4-15(16)18(26)22-20/h2-9H,10-11H2,1H3,(H,21,27)(H,22,26). The number of nitrogens with zero attached hydrogens (tertiary/aromatic N) is 1. The molecule has 2 N–H and O–H groups in total. The van der Waals surface area contributed by atoms with Crippen LogP contribution in [-0.2, 0) is 9.59 Å². The van der Waals surface area contributed by atoms with Crippen molar-refractivity contribution in [1.82, 2.24) is 5.32 Å². The summed E-state index contributed by atoms with van der Waals surface area (Å²) in [5, 5.41) is 5.48. The zero-order chi connectivity index (χ0) is 19.2.